The molecule has 3 amide bonds. The van der Waals surface area contributed by atoms with Gasteiger partial charge in [-0.2, -0.15) is 0 Å². The number of amides is 3. The van der Waals surface area contributed by atoms with Crippen LogP contribution in [0, 0.1) is 5.92 Å². The molecule has 2 N–H and O–H groups in total. The third-order valence-electron chi connectivity index (χ3n) is 3.69. The third kappa shape index (κ3) is 6.15. The van der Waals surface area contributed by atoms with Gasteiger partial charge in [0, 0.05) is 44.3 Å². The molecule has 8 heteroatoms. The molecule has 0 unspecified atom stereocenters. The number of rotatable bonds is 6. The van der Waals surface area contributed by atoms with E-state index in [4.69, 9.17) is 0 Å². The van der Waals surface area contributed by atoms with Gasteiger partial charge in [-0.05, 0) is 12.3 Å². The second kappa shape index (κ2) is 8.83. The highest BCUT2D eigenvalue weighted by atomic mass is 32.1. The molecule has 1 aliphatic rings. The number of carbonyl (C=O) groups excluding carboxylic acids is 2. The van der Waals surface area contributed by atoms with E-state index in [2.05, 4.69) is 39.3 Å². The summed E-state index contributed by atoms with van der Waals surface area (Å²) in [5, 5.41) is 8.08. The van der Waals surface area contributed by atoms with Crippen LogP contribution in [0.15, 0.2) is 11.6 Å². The number of piperazine rings is 1. The van der Waals surface area contributed by atoms with Crippen LogP contribution in [0.1, 0.15) is 20.3 Å². The van der Waals surface area contributed by atoms with Gasteiger partial charge >= 0.3 is 6.03 Å². The van der Waals surface area contributed by atoms with E-state index in [1.54, 1.807) is 17.5 Å². The van der Waals surface area contributed by atoms with Crippen molar-refractivity contribution in [1.29, 1.82) is 0 Å². The van der Waals surface area contributed by atoms with Crippen molar-refractivity contribution >= 4 is 28.4 Å². The van der Waals surface area contributed by atoms with Crippen molar-refractivity contribution in [1.82, 2.24) is 20.5 Å². The first kappa shape index (κ1) is 17.7. The molecule has 1 aromatic heterocycles. The van der Waals surface area contributed by atoms with Crippen molar-refractivity contribution in [3.05, 3.63) is 11.6 Å². The first-order chi connectivity index (χ1) is 11.0. The molecule has 0 radical (unpaired) electrons. The summed E-state index contributed by atoms with van der Waals surface area (Å²) < 4.78 is 0. The van der Waals surface area contributed by atoms with Crippen LogP contribution < -0.4 is 15.5 Å². The average molecular weight is 339 g/mol. The van der Waals surface area contributed by atoms with Crippen LogP contribution in [0.3, 0.4) is 0 Å². The molecule has 7 nitrogen and oxygen atoms in total. The minimum absolute atomic E-state index is 0.253. The fourth-order valence-electron chi connectivity index (χ4n) is 2.36. The van der Waals surface area contributed by atoms with E-state index in [0.717, 1.165) is 37.7 Å². The molecule has 1 aromatic rings. The van der Waals surface area contributed by atoms with Crippen molar-refractivity contribution in [2.75, 3.05) is 44.2 Å². The fourth-order valence-corrected chi connectivity index (χ4v) is 3.05. The average Bonchev–Trinajstić information content (AvgIpc) is 3.01. The number of nitrogens with one attached hydrogen (secondary N) is 2. The summed E-state index contributed by atoms with van der Waals surface area (Å²) in [6, 6.07) is -0.405. The molecule has 0 saturated carbocycles. The third-order valence-corrected chi connectivity index (χ3v) is 4.52. The normalized spacial score (nSPS) is 15.7. The number of anilines is 1. The lowest BCUT2D eigenvalue weighted by atomic mass is 10.1. The molecule has 1 saturated heterocycles. The summed E-state index contributed by atoms with van der Waals surface area (Å²) in [6.45, 7) is 8.31. The zero-order valence-electron chi connectivity index (χ0n) is 13.7. The van der Waals surface area contributed by atoms with Gasteiger partial charge in [0.25, 0.3) is 0 Å². The molecule has 2 rings (SSSR count). The van der Waals surface area contributed by atoms with Gasteiger partial charge < -0.3 is 10.2 Å². The van der Waals surface area contributed by atoms with E-state index in [9.17, 15) is 9.59 Å². The number of hydrogen-bond donors (Lipinski definition) is 2. The van der Waals surface area contributed by atoms with E-state index in [1.165, 1.54) is 0 Å². The number of hydrogen-bond acceptors (Lipinski definition) is 6. The fraction of sp³-hybridized carbons (Fsp3) is 0.667. The smallest absolute Gasteiger partial charge is 0.321 e. The predicted molar refractivity (Wildman–Crippen MR) is 91.8 cm³/mol. The molecule has 1 fully saturated rings. The summed E-state index contributed by atoms with van der Waals surface area (Å²) in [4.78, 5) is 32.1. The topological polar surface area (TPSA) is 77.6 Å². The van der Waals surface area contributed by atoms with Crippen LogP contribution >= 0.6 is 11.3 Å². The number of imide groups is 1. The highest BCUT2D eigenvalue weighted by molar-refractivity contribution is 7.13. The Labute approximate surface area is 141 Å². The molecule has 0 spiro atoms. The van der Waals surface area contributed by atoms with Crippen molar-refractivity contribution in [3.63, 3.8) is 0 Å². The quantitative estimate of drug-likeness (QED) is 0.813. The number of aromatic nitrogens is 1. The van der Waals surface area contributed by atoms with Crippen LogP contribution in [-0.4, -0.2) is 61.1 Å². The Hall–Kier alpha value is -1.67. The Morgan fingerprint density at radius 2 is 2.04 bits per heavy atom. The molecule has 23 heavy (non-hydrogen) atoms. The maximum Gasteiger partial charge on any atom is 0.321 e. The van der Waals surface area contributed by atoms with Crippen molar-refractivity contribution < 1.29 is 9.59 Å². The maximum absolute atomic E-state index is 11.9. The second-order valence-electron chi connectivity index (χ2n) is 6.06. The van der Waals surface area contributed by atoms with Crippen molar-refractivity contribution in [2.45, 2.75) is 20.3 Å². The van der Waals surface area contributed by atoms with Gasteiger partial charge in [0.1, 0.15) is 0 Å². The van der Waals surface area contributed by atoms with Crippen molar-refractivity contribution in [2.24, 2.45) is 5.92 Å². The molecule has 0 aromatic carbocycles. The Bertz CT molecular complexity index is 498. The van der Waals surface area contributed by atoms with Gasteiger partial charge in [0.2, 0.25) is 5.91 Å². The van der Waals surface area contributed by atoms with Gasteiger partial charge in [-0.1, -0.05) is 13.8 Å². The zero-order chi connectivity index (χ0) is 16.7. The summed E-state index contributed by atoms with van der Waals surface area (Å²) in [7, 11) is 0. The minimum Gasteiger partial charge on any atom is -0.346 e. The van der Waals surface area contributed by atoms with E-state index in [-0.39, 0.29) is 12.5 Å². The molecule has 0 atom stereocenters. The van der Waals surface area contributed by atoms with E-state index in [1.807, 2.05) is 5.38 Å². The van der Waals surface area contributed by atoms with Gasteiger partial charge in [0.05, 0.1) is 6.54 Å². The Morgan fingerprint density at radius 3 is 2.65 bits per heavy atom. The summed E-state index contributed by atoms with van der Waals surface area (Å²) in [5.41, 5.74) is 0. The van der Waals surface area contributed by atoms with Crippen LogP contribution in [0.4, 0.5) is 9.93 Å². The molecular weight excluding hydrogens is 314 g/mol. The monoisotopic (exact) mass is 339 g/mol. The Balaban J connectivity index is 1.63. The van der Waals surface area contributed by atoms with Crippen LogP contribution in [-0.2, 0) is 4.79 Å². The van der Waals surface area contributed by atoms with Crippen LogP contribution in [0.5, 0.6) is 0 Å². The van der Waals surface area contributed by atoms with Gasteiger partial charge in [-0.15, -0.1) is 11.3 Å². The Morgan fingerprint density at radius 1 is 1.30 bits per heavy atom. The lowest BCUT2D eigenvalue weighted by molar-refractivity contribution is -0.121. The maximum atomic E-state index is 11.9. The molecule has 1 aliphatic heterocycles. The summed E-state index contributed by atoms with van der Waals surface area (Å²) in [6.07, 6.45) is 2.71. The highest BCUT2D eigenvalue weighted by Gasteiger charge is 2.20. The summed E-state index contributed by atoms with van der Waals surface area (Å²) in [5.74, 6) is 0.273. The lowest BCUT2D eigenvalue weighted by Crippen LogP contribution is -2.51. The number of nitrogens with zero attached hydrogens (tertiary/aromatic N) is 3. The first-order valence-corrected chi connectivity index (χ1v) is 8.87. The van der Waals surface area contributed by atoms with Crippen molar-refractivity contribution in [3.8, 4) is 0 Å². The second-order valence-corrected chi connectivity index (χ2v) is 6.94. The summed E-state index contributed by atoms with van der Waals surface area (Å²) >= 11 is 1.63. The molecule has 128 valence electrons. The predicted octanol–water partition coefficient (Wildman–Crippen LogP) is 1.14. The van der Waals surface area contributed by atoms with Crippen LogP contribution in [0.2, 0.25) is 0 Å². The lowest BCUT2D eigenvalue weighted by Gasteiger charge is -2.33. The number of urea groups is 1. The number of thiazole rings is 1. The minimum atomic E-state index is -0.405. The highest BCUT2D eigenvalue weighted by Crippen LogP contribution is 2.18. The molecule has 0 bridgehead atoms. The SMILES string of the molecule is CC(C)CCNC(=O)NC(=O)CN1CCN(c2nccs2)CC1. The first-order valence-electron chi connectivity index (χ1n) is 7.99. The van der Waals surface area contributed by atoms with E-state index < -0.39 is 6.03 Å². The van der Waals surface area contributed by atoms with Crippen LogP contribution in [0.25, 0.3) is 0 Å². The Kier molecular flexibility index (Phi) is 6.79. The largest absolute Gasteiger partial charge is 0.346 e. The van der Waals surface area contributed by atoms with Gasteiger partial charge in [-0.25, -0.2) is 9.78 Å². The van der Waals surface area contributed by atoms with E-state index >= 15 is 0 Å². The van der Waals surface area contributed by atoms with Gasteiger partial charge in [-0.3, -0.25) is 15.0 Å². The molecule has 2 heterocycles. The van der Waals surface area contributed by atoms with E-state index in [0.29, 0.717) is 12.5 Å². The number of carbonyl (C=O) groups is 2. The molecule has 0 aliphatic carbocycles. The standard InChI is InChI=1S/C15H25N5O2S/c1-12(2)3-4-16-14(22)18-13(21)11-19-6-8-20(9-7-19)15-17-5-10-23-15/h5,10,12H,3-4,6-9,11H2,1-2H3,(H2,16,18,21,22). The molecular formula is C15H25N5O2S. The van der Waals surface area contributed by atoms with Gasteiger partial charge in [0.15, 0.2) is 5.13 Å². The zero-order valence-corrected chi connectivity index (χ0v) is 14.6.